The monoisotopic (exact) mass is 383 g/mol. The highest BCUT2D eigenvalue weighted by Gasteiger charge is 2.13. The SMILES string of the molecule is Cc1ccccc1-n1cnnc1SCc1nnc(-c2ccc(Cl)cc2)o1. The average Bonchev–Trinajstić information content (AvgIpc) is 3.30. The maximum absolute atomic E-state index is 5.90. The second kappa shape index (κ2) is 7.31. The number of nitrogens with zero attached hydrogens (tertiary/aromatic N) is 5. The fourth-order valence-electron chi connectivity index (χ4n) is 2.47. The Balaban J connectivity index is 1.50. The summed E-state index contributed by atoms with van der Waals surface area (Å²) >= 11 is 7.40. The van der Waals surface area contributed by atoms with Crippen molar-refractivity contribution in [1.82, 2.24) is 25.0 Å². The fourth-order valence-corrected chi connectivity index (χ4v) is 3.35. The molecule has 0 unspecified atom stereocenters. The van der Waals surface area contributed by atoms with E-state index in [4.69, 9.17) is 16.0 Å². The molecule has 0 saturated heterocycles. The van der Waals surface area contributed by atoms with Crippen molar-refractivity contribution in [2.75, 3.05) is 0 Å². The van der Waals surface area contributed by atoms with Gasteiger partial charge in [-0.15, -0.1) is 20.4 Å². The highest BCUT2D eigenvalue weighted by atomic mass is 35.5. The molecule has 0 amide bonds. The molecule has 130 valence electrons. The van der Waals surface area contributed by atoms with Gasteiger partial charge in [-0.1, -0.05) is 41.6 Å². The molecule has 0 aliphatic carbocycles. The van der Waals surface area contributed by atoms with E-state index in [0.717, 1.165) is 22.0 Å². The molecule has 0 aliphatic rings. The number of para-hydroxylation sites is 1. The van der Waals surface area contributed by atoms with Crippen LogP contribution in [-0.2, 0) is 5.75 Å². The van der Waals surface area contributed by atoms with E-state index >= 15 is 0 Å². The summed E-state index contributed by atoms with van der Waals surface area (Å²) in [6.07, 6.45) is 1.71. The molecular formula is C18H14ClN5OS. The smallest absolute Gasteiger partial charge is 0.247 e. The number of aromatic nitrogens is 5. The maximum Gasteiger partial charge on any atom is 0.247 e. The number of benzene rings is 2. The van der Waals surface area contributed by atoms with Crippen molar-refractivity contribution in [3.8, 4) is 17.1 Å². The van der Waals surface area contributed by atoms with E-state index in [1.165, 1.54) is 11.8 Å². The summed E-state index contributed by atoms with van der Waals surface area (Å²) in [5, 5.41) is 17.9. The number of rotatable bonds is 5. The van der Waals surface area contributed by atoms with Gasteiger partial charge in [0, 0.05) is 10.6 Å². The lowest BCUT2D eigenvalue weighted by Gasteiger charge is -2.08. The number of hydrogen-bond donors (Lipinski definition) is 0. The van der Waals surface area contributed by atoms with Crippen LogP contribution in [0, 0.1) is 6.92 Å². The molecule has 6 nitrogen and oxygen atoms in total. The van der Waals surface area contributed by atoms with Crippen LogP contribution in [0.5, 0.6) is 0 Å². The van der Waals surface area contributed by atoms with Gasteiger partial charge in [0.25, 0.3) is 0 Å². The van der Waals surface area contributed by atoms with Crippen LogP contribution in [0.4, 0.5) is 0 Å². The van der Waals surface area contributed by atoms with Gasteiger partial charge in [-0.2, -0.15) is 0 Å². The lowest BCUT2D eigenvalue weighted by atomic mass is 10.2. The summed E-state index contributed by atoms with van der Waals surface area (Å²) in [6.45, 7) is 2.06. The van der Waals surface area contributed by atoms with E-state index in [-0.39, 0.29) is 0 Å². The molecule has 0 N–H and O–H groups in total. The van der Waals surface area contributed by atoms with E-state index in [0.29, 0.717) is 22.6 Å². The third-order valence-electron chi connectivity index (χ3n) is 3.77. The van der Waals surface area contributed by atoms with Crippen molar-refractivity contribution in [1.29, 1.82) is 0 Å². The van der Waals surface area contributed by atoms with E-state index in [1.54, 1.807) is 18.5 Å². The van der Waals surface area contributed by atoms with Crippen LogP contribution < -0.4 is 0 Å². The molecule has 8 heteroatoms. The quantitative estimate of drug-likeness (QED) is 0.470. The number of halogens is 1. The Hall–Kier alpha value is -2.64. The van der Waals surface area contributed by atoms with Crippen molar-refractivity contribution < 1.29 is 4.42 Å². The molecule has 0 fully saturated rings. The van der Waals surface area contributed by atoms with Crippen LogP contribution in [0.15, 0.2) is 64.4 Å². The first-order valence-electron chi connectivity index (χ1n) is 7.88. The standard InChI is InChI=1S/C18H14ClN5OS/c1-12-4-2-3-5-15(12)24-11-20-23-18(24)26-10-16-21-22-17(25-16)13-6-8-14(19)9-7-13/h2-9,11H,10H2,1H3. The number of aryl methyl sites for hydroxylation is 1. The fraction of sp³-hybridized carbons (Fsp3) is 0.111. The van der Waals surface area contributed by atoms with Crippen molar-refractivity contribution in [2.24, 2.45) is 0 Å². The minimum Gasteiger partial charge on any atom is -0.420 e. The normalized spacial score (nSPS) is 11.0. The summed E-state index contributed by atoms with van der Waals surface area (Å²) in [5.74, 6) is 1.50. The molecule has 2 aromatic carbocycles. The average molecular weight is 384 g/mol. The third-order valence-corrected chi connectivity index (χ3v) is 4.95. The van der Waals surface area contributed by atoms with Crippen molar-refractivity contribution in [3.63, 3.8) is 0 Å². The van der Waals surface area contributed by atoms with E-state index in [2.05, 4.69) is 33.4 Å². The van der Waals surface area contributed by atoms with Crippen molar-refractivity contribution >= 4 is 23.4 Å². The highest BCUT2D eigenvalue weighted by molar-refractivity contribution is 7.98. The van der Waals surface area contributed by atoms with Crippen LogP contribution in [0.25, 0.3) is 17.1 Å². The van der Waals surface area contributed by atoms with Gasteiger partial charge in [0.05, 0.1) is 11.4 Å². The van der Waals surface area contributed by atoms with Gasteiger partial charge >= 0.3 is 0 Å². The third kappa shape index (κ3) is 3.49. The Kier molecular flexibility index (Phi) is 4.73. The van der Waals surface area contributed by atoms with Gasteiger partial charge in [0.2, 0.25) is 11.8 Å². The highest BCUT2D eigenvalue weighted by Crippen LogP contribution is 2.26. The minimum absolute atomic E-state index is 0.470. The predicted octanol–water partition coefficient (Wildman–Crippen LogP) is 4.57. The Morgan fingerprint density at radius 3 is 2.65 bits per heavy atom. The minimum atomic E-state index is 0.470. The van der Waals surface area contributed by atoms with Crippen LogP contribution >= 0.6 is 23.4 Å². The summed E-state index contributed by atoms with van der Waals surface area (Å²) in [5.41, 5.74) is 3.03. The second-order valence-electron chi connectivity index (χ2n) is 5.57. The molecule has 0 saturated carbocycles. The van der Waals surface area contributed by atoms with E-state index < -0.39 is 0 Å². The Labute approximate surface area is 159 Å². The molecule has 26 heavy (non-hydrogen) atoms. The summed E-state index contributed by atoms with van der Waals surface area (Å²) in [6, 6.07) is 15.4. The lowest BCUT2D eigenvalue weighted by molar-refractivity contribution is 0.528. The molecule has 2 aromatic heterocycles. The molecule has 4 aromatic rings. The first kappa shape index (κ1) is 16.8. The van der Waals surface area contributed by atoms with Gasteiger partial charge in [0.1, 0.15) is 6.33 Å². The maximum atomic E-state index is 5.90. The molecule has 0 aliphatic heterocycles. The number of thioether (sulfide) groups is 1. The van der Waals surface area contributed by atoms with Gasteiger partial charge in [-0.25, -0.2) is 0 Å². The summed E-state index contributed by atoms with van der Waals surface area (Å²) in [4.78, 5) is 0. The lowest BCUT2D eigenvalue weighted by Crippen LogP contribution is -1.97. The van der Waals surface area contributed by atoms with Gasteiger partial charge in [0.15, 0.2) is 5.16 Å². The van der Waals surface area contributed by atoms with Crippen LogP contribution in [-0.4, -0.2) is 25.0 Å². The van der Waals surface area contributed by atoms with Gasteiger partial charge in [-0.05, 0) is 42.8 Å². The van der Waals surface area contributed by atoms with Crippen LogP contribution in [0.2, 0.25) is 5.02 Å². The predicted molar refractivity (Wildman–Crippen MR) is 100 cm³/mol. The van der Waals surface area contributed by atoms with Crippen molar-refractivity contribution in [2.45, 2.75) is 17.8 Å². The molecule has 2 heterocycles. The Morgan fingerprint density at radius 1 is 1.04 bits per heavy atom. The molecule has 0 radical (unpaired) electrons. The Morgan fingerprint density at radius 2 is 1.85 bits per heavy atom. The summed E-state index contributed by atoms with van der Waals surface area (Å²) < 4.78 is 7.69. The van der Waals surface area contributed by atoms with Crippen molar-refractivity contribution in [3.05, 3.63) is 71.3 Å². The molecule has 0 atom stereocenters. The zero-order chi connectivity index (χ0) is 17.9. The molecular weight excluding hydrogens is 370 g/mol. The van der Waals surface area contributed by atoms with E-state index in [9.17, 15) is 0 Å². The number of hydrogen-bond acceptors (Lipinski definition) is 6. The van der Waals surface area contributed by atoms with E-state index in [1.807, 2.05) is 34.9 Å². The van der Waals surface area contributed by atoms with Gasteiger partial charge in [-0.3, -0.25) is 4.57 Å². The van der Waals surface area contributed by atoms with Gasteiger partial charge < -0.3 is 4.42 Å². The largest absolute Gasteiger partial charge is 0.420 e. The van der Waals surface area contributed by atoms with Crippen LogP contribution in [0.3, 0.4) is 0 Å². The topological polar surface area (TPSA) is 69.6 Å². The molecule has 0 spiro atoms. The van der Waals surface area contributed by atoms with Crippen LogP contribution in [0.1, 0.15) is 11.5 Å². The second-order valence-corrected chi connectivity index (χ2v) is 6.95. The molecule has 0 bridgehead atoms. The first-order chi connectivity index (χ1) is 12.7. The summed E-state index contributed by atoms with van der Waals surface area (Å²) in [7, 11) is 0. The first-order valence-corrected chi connectivity index (χ1v) is 9.24. The Bertz CT molecular complexity index is 1030. The zero-order valence-corrected chi connectivity index (χ0v) is 15.4. The molecule has 4 rings (SSSR count). The zero-order valence-electron chi connectivity index (χ0n) is 13.8.